The first-order chi connectivity index (χ1) is 5.45. The van der Waals surface area contributed by atoms with E-state index in [1.807, 2.05) is 6.92 Å². The molecule has 0 spiro atoms. The molecule has 12 heavy (non-hydrogen) atoms. The van der Waals surface area contributed by atoms with E-state index >= 15 is 0 Å². The fraction of sp³-hybridized carbons (Fsp3) is 0.889. The van der Waals surface area contributed by atoms with Gasteiger partial charge in [-0.3, -0.25) is 4.79 Å². The maximum Gasteiger partial charge on any atom is 0.306 e. The minimum atomic E-state index is -0.0887. The minimum absolute atomic E-state index is 0.0887. The highest BCUT2D eigenvalue weighted by Gasteiger charge is 2.11. The molecule has 0 aromatic carbocycles. The molecule has 0 bridgehead atoms. The Morgan fingerprint density at radius 3 is 2.42 bits per heavy atom. The van der Waals surface area contributed by atoms with E-state index in [1.54, 1.807) is 11.8 Å². The summed E-state index contributed by atoms with van der Waals surface area (Å²) in [5.41, 5.74) is 0. The smallest absolute Gasteiger partial charge is 0.306 e. The molecule has 0 fully saturated rings. The molecule has 0 amide bonds. The van der Waals surface area contributed by atoms with Crippen LogP contribution in [0.2, 0.25) is 0 Å². The van der Waals surface area contributed by atoms with Crippen LogP contribution in [-0.4, -0.2) is 23.1 Å². The molecule has 0 saturated heterocycles. The van der Waals surface area contributed by atoms with Gasteiger partial charge in [-0.1, -0.05) is 20.8 Å². The predicted molar refractivity (Wildman–Crippen MR) is 53.5 cm³/mol. The van der Waals surface area contributed by atoms with Gasteiger partial charge < -0.3 is 4.74 Å². The van der Waals surface area contributed by atoms with Crippen molar-refractivity contribution in [3.8, 4) is 0 Å². The van der Waals surface area contributed by atoms with Crippen LogP contribution in [0.1, 0.15) is 34.1 Å². The first kappa shape index (κ1) is 11.8. The molecule has 0 radical (unpaired) electrons. The first-order valence-electron chi connectivity index (χ1n) is 4.25. The second-order valence-corrected chi connectivity index (χ2v) is 5.44. The number of carbonyl (C=O) groups excluding carboxylic acids is 1. The normalized spacial score (nSPS) is 11.3. The number of hydrogen-bond donors (Lipinski definition) is 0. The van der Waals surface area contributed by atoms with Crippen LogP contribution < -0.4 is 0 Å². The highest BCUT2D eigenvalue weighted by Crippen LogP contribution is 2.23. The van der Waals surface area contributed by atoms with Crippen LogP contribution in [0.5, 0.6) is 0 Å². The third-order valence-corrected chi connectivity index (χ3v) is 2.42. The zero-order chi connectivity index (χ0) is 9.61. The third-order valence-electron chi connectivity index (χ3n) is 1.15. The standard InChI is InChI=1S/C9H18O2S/c1-5-11-8(10)6-7-12-9(2,3)4/h5-7H2,1-4H3. The van der Waals surface area contributed by atoms with Crippen molar-refractivity contribution in [1.82, 2.24) is 0 Å². The lowest BCUT2D eigenvalue weighted by Crippen LogP contribution is -2.11. The molecule has 0 atom stereocenters. The van der Waals surface area contributed by atoms with E-state index in [0.717, 1.165) is 5.75 Å². The summed E-state index contributed by atoms with van der Waals surface area (Å²) in [7, 11) is 0. The predicted octanol–water partition coefficient (Wildman–Crippen LogP) is 2.47. The average Bonchev–Trinajstić information content (AvgIpc) is 1.84. The van der Waals surface area contributed by atoms with Crippen LogP contribution in [0.3, 0.4) is 0 Å². The van der Waals surface area contributed by atoms with Gasteiger partial charge >= 0.3 is 5.97 Å². The molecule has 72 valence electrons. The van der Waals surface area contributed by atoms with Gasteiger partial charge in [0.1, 0.15) is 0 Å². The SMILES string of the molecule is CCOC(=O)CCSC(C)(C)C. The topological polar surface area (TPSA) is 26.3 Å². The Labute approximate surface area is 79.1 Å². The van der Waals surface area contributed by atoms with Crippen LogP contribution in [0.15, 0.2) is 0 Å². The summed E-state index contributed by atoms with van der Waals surface area (Å²) < 4.78 is 5.05. The highest BCUT2D eigenvalue weighted by molar-refractivity contribution is 8.00. The summed E-state index contributed by atoms with van der Waals surface area (Å²) in [6.45, 7) is 8.74. The summed E-state index contributed by atoms with van der Waals surface area (Å²) in [4.78, 5) is 10.9. The zero-order valence-corrected chi connectivity index (χ0v) is 9.16. The Hall–Kier alpha value is -0.180. The van der Waals surface area contributed by atoms with Crippen molar-refractivity contribution in [1.29, 1.82) is 0 Å². The van der Waals surface area contributed by atoms with Crippen molar-refractivity contribution in [2.75, 3.05) is 12.4 Å². The lowest BCUT2D eigenvalue weighted by atomic mass is 10.3. The van der Waals surface area contributed by atoms with E-state index in [-0.39, 0.29) is 10.7 Å². The van der Waals surface area contributed by atoms with E-state index in [1.165, 1.54) is 0 Å². The van der Waals surface area contributed by atoms with Crippen molar-refractivity contribution in [3.63, 3.8) is 0 Å². The summed E-state index contributed by atoms with van der Waals surface area (Å²) in [6, 6.07) is 0. The molecule has 3 heteroatoms. The summed E-state index contributed by atoms with van der Waals surface area (Å²) in [5.74, 6) is 0.761. The lowest BCUT2D eigenvalue weighted by Gasteiger charge is -2.16. The van der Waals surface area contributed by atoms with E-state index in [0.29, 0.717) is 13.0 Å². The zero-order valence-electron chi connectivity index (χ0n) is 8.35. The molecular formula is C9H18O2S. The van der Waals surface area contributed by atoms with Crippen molar-refractivity contribution in [2.45, 2.75) is 38.9 Å². The molecule has 0 aliphatic heterocycles. The van der Waals surface area contributed by atoms with Crippen molar-refractivity contribution in [2.24, 2.45) is 0 Å². The number of rotatable bonds is 4. The van der Waals surface area contributed by atoms with Crippen LogP contribution >= 0.6 is 11.8 Å². The average molecular weight is 190 g/mol. The van der Waals surface area contributed by atoms with Crippen molar-refractivity contribution in [3.05, 3.63) is 0 Å². The van der Waals surface area contributed by atoms with Gasteiger partial charge in [-0.2, -0.15) is 11.8 Å². The van der Waals surface area contributed by atoms with Gasteiger partial charge in [0.15, 0.2) is 0 Å². The van der Waals surface area contributed by atoms with E-state index in [4.69, 9.17) is 4.74 Å². The number of thioether (sulfide) groups is 1. The molecular weight excluding hydrogens is 172 g/mol. The third kappa shape index (κ3) is 7.92. The van der Waals surface area contributed by atoms with Crippen LogP contribution in [0, 0.1) is 0 Å². The summed E-state index contributed by atoms with van der Waals surface area (Å²) >= 11 is 1.79. The molecule has 2 nitrogen and oxygen atoms in total. The molecule has 0 heterocycles. The van der Waals surface area contributed by atoms with Crippen molar-refractivity contribution >= 4 is 17.7 Å². The molecule has 0 rings (SSSR count). The maximum atomic E-state index is 10.9. The Morgan fingerprint density at radius 2 is 2.00 bits per heavy atom. The number of esters is 1. The Bertz CT molecular complexity index is 138. The second-order valence-electron chi connectivity index (χ2n) is 3.52. The Balaban J connectivity index is 3.37. The monoisotopic (exact) mass is 190 g/mol. The van der Waals surface area contributed by atoms with E-state index in [9.17, 15) is 4.79 Å². The Morgan fingerprint density at radius 1 is 1.42 bits per heavy atom. The molecule has 0 N–H and O–H groups in total. The van der Waals surface area contributed by atoms with Gasteiger partial charge in [0.2, 0.25) is 0 Å². The summed E-state index contributed by atoms with van der Waals surface area (Å²) in [5, 5.41) is 0. The largest absolute Gasteiger partial charge is 0.466 e. The molecule has 0 aliphatic rings. The summed E-state index contributed by atoms with van der Waals surface area (Å²) in [6.07, 6.45) is 0.524. The van der Waals surface area contributed by atoms with Gasteiger partial charge in [-0.05, 0) is 6.92 Å². The van der Waals surface area contributed by atoms with Crippen molar-refractivity contribution < 1.29 is 9.53 Å². The highest BCUT2D eigenvalue weighted by atomic mass is 32.2. The van der Waals surface area contributed by atoms with Crippen LogP contribution in [0.4, 0.5) is 0 Å². The van der Waals surface area contributed by atoms with Crippen LogP contribution in [0.25, 0.3) is 0 Å². The first-order valence-corrected chi connectivity index (χ1v) is 5.24. The number of hydrogen-bond acceptors (Lipinski definition) is 3. The van der Waals surface area contributed by atoms with Gasteiger partial charge in [0, 0.05) is 10.5 Å². The fourth-order valence-corrected chi connectivity index (χ4v) is 1.55. The second kappa shape index (κ2) is 5.46. The fourth-order valence-electron chi connectivity index (χ4n) is 0.674. The van der Waals surface area contributed by atoms with Crippen LogP contribution in [-0.2, 0) is 9.53 Å². The Kier molecular flexibility index (Phi) is 5.38. The van der Waals surface area contributed by atoms with Gasteiger partial charge in [-0.25, -0.2) is 0 Å². The number of carbonyl (C=O) groups is 1. The molecule has 0 aromatic heterocycles. The molecule has 0 saturated carbocycles. The maximum absolute atomic E-state index is 10.9. The quantitative estimate of drug-likeness (QED) is 0.637. The van der Waals surface area contributed by atoms with E-state index < -0.39 is 0 Å². The number of ether oxygens (including phenoxy) is 1. The van der Waals surface area contributed by atoms with Gasteiger partial charge in [0.05, 0.1) is 13.0 Å². The van der Waals surface area contributed by atoms with Gasteiger partial charge in [0.25, 0.3) is 0 Å². The lowest BCUT2D eigenvalue weighted by molar-refractivity contribution is -0.142. The molecule has 0 aliphatic carbocycles. The van der Waals surface area contributed by atoms with E-state index in [2.05, 4.69) is 20.8 Å². The van der Waals surface area contributed by atoms with Gasteiger partial charge in [-0.15, -0.1) is 0 Å². The molecule has 0 aromatic rings. The minimum Gasteiger partial charge on any atom is -0.466 e. The molecule has 0 unspecified atom stereocenters.